The number of hydrogen-bond acceptors (Lipinski definition) is 4. The molecule has 1 N–H and O–H groups in total. The SMILES string of the molecule is Cc1cccc(C)c1OCc1c(C(=O)Nc2cc(C(F)(F)F)ccc2Cl)noc1C. The largest absolute Gasteiger partial charge is 0.488 e. The van der Waals surface area contributed by atoms with Crippen LogP contribution < -0.4 is 10.1 Å². The van der Waals surface area contributed by atoms with Gasteiger partial charge in [-0.05, 0) is 50.1 Å². The summed E-state index contributed by atoms with van der Waals surface area (Å²) in [6, 6.07) is 8.36. The third-order valence-electron chi connectivity index (χ3n) is 4.51. The maximum Gasteiger partial charge on any atom is 0.416 e. The molecule has 9 heteroatoms. The van der Waals surface area contributed by atoms with Crippen LogP contribution in [0, 0.1) is 20.8 Å². The average Bonchev–Trinajstić information content (AvgIpc) is 3.03. The molecule has 5 nitrogen and oxygen atoms in total. The van der Waals surface area contributed by atoms with Gasteiger partial charge in [0.1, 0.15) is 18.1 Å². The molecule has 0 aliphatic heterocycles. The van der Waals surface area contributed by atoms with Gasteiger partial charge in [-0.2, -0.15) is 13.2 Å². The van der Waals surface area contributed by atoms with Crippen LogP contribution in [0.4, 0.5) is 18.9 Å². The molecule has 0 fully saturated rings. The molecule has 0 atom stereocenters. The van der Waals surface area contributed by atoms with Crippen molar-refractivity contribution >= 4 is 23.2 Å². The fraction of sp³-hybridized carbons (Fsp3) is 0.238. The van der Waals surface area contributed by atoms with Crippen molar-refractivity contribution in [2.45, 2.75) is 33.6 Å². The predicted molar refractivity (Wildman–Crippen MR) is 106 cm³/mol. The van der Waals surface area contributed by atoms with Crippen LogP contribution in [0.1, 0.15) is 38.5 Å². The van der Waals surface area contributed by atoms with E-state index < -0.39 is 17.6 Å². The molecule has 0 radical (unpaired) electrons. The number of hydrogen-bond donors (Lipinski definition) is 1. The summed E-state index contributed by atoms with van der Waals surface area (Å²) in [5.41, 5.74) is 1.03. The lowest BCUT2D eigenvalue weighted by Gasteiger charge is -2.13. The number of alkyl halides is 3. The topological polar surface area (TPSA) is 64.4 Å². The van der Waals surface area contributed by atoms with E-state index in [-0.39, 0.29) is 23.0 Å². The molecule has 0 spiro atoms. The molecule has 0 unspecified atom stereocenters. The molecule has 158 valence electrons. The van der Waals surface area contributed by atoms with Gasteiger partial charge in [-0.1, -0.05) is 35.0 Å². The Kier molecular flexibility index (Phi) is 6.07. The first kappa shape index (κ1) is 21.7. The Bertz CT molecular complexity index is 1070. The maximum atomic E-state index is 13.0. The molecule has 0 saturated carbocycles. The first-order valence-corrected chi connectivity index (χ1v) is 9.28. The van der Waals surface area contributed by atoms with E-state index in [0.29, 0.717) is 17.1 Å². The number of nitrogens with zero attached hydrogens (tertiary/aromatic N) is 1. The summed E-state index contributed by atoms with van der Waals surface area (Å²) in [5, 5.41) is 6.07. The monoisotopic (exact) mass is 438 g/mol. The molecule has 0 aliphatic carbocycles. The standard InChI is InChI=1S/C21H18ClF3N2O3/c1-11-5-4-6-12(2)19(11)29-10-15-13(3)30-27-18(15)20(28)26-17-9-14(21(23,24)25)7-8-16(17)22/h4-9H,10H2,1-3H3,(H,26,28). The van der Waals surface area contributed by atoms with Crippen molar-refractivity contribution in [2.24, 2.45) is 0 Å². The van der Waals surface area contributed by atoms with Gasteiger partial charge in [-0.25, -0.2) is 0 Å². The summed E-state index contributed by atoms with van der Waals surface area (Å²) in [6.07, 6.45) is -4.57. The number of aromatic nitrogens is 1. The third-order valence-corrected chi connectivity index (χ3v) is 4.84. The first-order chi connectivity index (χ1) is 14.1. The van der Waals surface area contributed by atoms with Crippen LogP contribution in [0.5, 0.6) is 5.75 Å². The lowest BCUT2D eigenvalue weighted by molar-refractivity contribution is -0.137. The zero-order valence-corrected chi connectivity index (χ0v) is 17.1. The van der Waals surface area contributed by atoms with Crippen molar-refractivity contribution in [3.8, 4) is 5.75 Å². The molecule has 0 aliphatic rings. The molecular formula is C21H18ClF3N2O3. The van der Waals surface area contributed by atoms with Crippen LogP contribution in [0.25, 0.3) is 0 Å². The molecule has 2 aromatic carbocycles. The fourth-order valence-corrected chi connectivity index (χ4v) is 3.05. The number of rotatable bonds is 5. The number of aryl methyl sites for hydroxylation is 3. The molecule has 30 heavy (non-hydrogen) atoms. The summed E-state index contributed by atoms with van der Waals surface area (Å²) >= 11 is 5.95. The van der Waals surface area contributed by atoms with E-state index in [2.05, 4.69) is 10.5 Å². The number of benzene rings is 2. The van der Waals surface area contributed by atoms with Gasteiger partial charge >= 0.3 is 6.18 Å². The van der Waals surface area contributed by atoms with Gasteiger partial charge in [0.05, 0.1) is 21.8 Å². The highest BCUT2D eigenvalue weighted by Crippen LogP contribution is 2.34. The Morgan fingerprint density at radius 2 is 1.83 bits per heavy atom. The van der Waals surface area contributed by atoms with E-state index in [0.717, 1.165) is 29.3 Å². The Balaban J connectivity index is 1.83. The Labute approximate surface area is 175 Å². The van der Waals surface area contributed by atoms with E-state index in [1.165, 1.54) is 0 Å². The highest BCUT2D eigenvalue weighted by Gasteiger charge is 2.31. The van der Waals surface area contributed by atoms with Gasteiger partial charge < -0.3 is 14.6 Å². The molecule has 3 aromatic rings. The zero-order chi connectivity index (χ0) is 22.1. The maximum absolute atomic E-state index is 13.0. The van der Waals surface area contributed by atoms with Crippen LogP contribution >= 0.6 is 11.6 Å². The van der Waals surface area contributed by atoms with Crippen LogP contribution in [-0.2, 0) is 12.8 Å². The molecule has 0 bridgehead atoms. The number of anilines is 1. The van der Waals surface area contributed by atoms with Crippen molar-refractivity contribution in [1.29, 1.82) is 0 Å². The zero-order valence-electron chi connectivity index (χ0n) is 16.4. The summed E-state index contributed by atoms with van der Waals surface area (Å²) < 4.78 is 49.8. The minimum atomic E-state index is -4.57. The van der Waals surface area contributed by atoms with Crippen LogP contribution in [0.15, 0.2) is 40.9 Å². The molecule has 0 saturated heterocycles. The van der Waals surface area contributed by atoms with Gasteiger partial charge in [0.25, 0.3) is 5.91 Å². The number of ether oxygens (including phenoxy) is 1. The quantitative estimate of drug-likeness (QED) is 0.522. The second-order valence-corrected chi connectivity index (χ2v) is 7.13. The smallest absolute Gasteiger partial charge is 0.416 e. The summed E-state index contributed by atoms with van der Waals surface area (Å²) in [7, 11) is 0. The Morgan fingerprint density at radius 3 is 2.47 bits per heavy atom. The second-order valence-electron chi connectivity index (χ2n) is 6.72. The Hall–Kier alpha value is -3.00. The molecular weight excluding hydrogens is 421 g/mol. The van der Waals surface area contributed by atoms with Crippen molar-refractivity contribution in [1.82, 2.24) is 5.16 Å². The lowest BCUT2D eigenvalue weighted by Crippen LogP contribution is -2.16. The Morgan fingerprint density at radius 1 is 1.17 bits per heavy atom. The second kappa shape index (κ2) is 8.39. The normalized spacial score (nSPS) is 11.4. The first-order valence-electron chi connectivity index (χ1n) is 8.90. The number of nitrogens with one attached hydrogen (secondary N) is 1. The van der Waals surface area contributed by atoms with Gasteiger partial charge in [-0.3, -0.25) is 4.79 Å². The minimum Gasteiger partial charge on any atom is -0.488 e. The van der Waals surface area contributed by atoms with Gasteiger partial charge in [0.15, 0.2) is 5.69 Å². The van der Waals surface area contributed by atoms with E-state index in [1.807, 2.05) is 32.0 Å². The predicted octanol–water partition coefficient (Wildman–Crippen LogP) is 6.10. The fourth-order valence-electron chi connectivity index (χ4n) is 2.89. The molecule has 1 heterocycles. The number of para-hydroxylation sites is 1. The van der Waals surface area contributed by atoms with Crippen molar-refractivity contribution in [2.75, 3.05) is 5.32 Å². The van der Waals surface area contributed by atoms with Crippen molar-refractivity contribution in [3.05, 3.63) is 75.1 Å². The van der Waals surface area contributed by atoms with Gasteiger partial charge in [0, 0.05) is 0 Å². The van der Waals surface area contributed by atoms with E-state index in [4.69, 9.17) is 20.9 Å². The summed E-state index contributed by atoms with van der Waals surface area (Å²) in [6.45, 7) is 5.41. The minimum absolute atomic E-state index is 0.000102. The van der Waals surface area contributed by atoms with Crippen molar-refractivity contribution < 1.29 is 27.2 Å². The number of carbonyl (C=O) groups excluding carboxylic acids is 1. The highest BCUT2D eigenvalue weighted by molar-refractivity contribution is 6.34. The van der Waals surface area contributed by atoms with Crippen molar-refractivity contribution in [3.63, 3.8) is 0 Å². The number of amides is 1. The highest BCUT2D eigenvalue weighted by atomic mass is 35.5. The van der Waals surface area contributed by atoms with Crippen LogP contribution in [-0.4, -0.2) is 11.1 Å². The summed E-state index contributed by atoms with van der Waals surface area (Å²) in [5.74, 6) is 0.278. The number of halogens is 4. The van der Waals surface area contributed by atoms with Crippen LogP contribution in [0.3, 0.4) is 0 Å². The van der Waals surface area contributed by atoms with E-state index >= 15 is 0 Å². The number of carbonyl (C=O) groups is 1. The summed E-state index contributed by atoms with van der Waals surface area (Å²) in [4.78, 5) is 12.7. The van der Waals surface area contributed by atoms with Gasteiger partial charge in [0.2, 0.25) is 0 Å². The average molecular weight is 439 g/mol. The third kappa shape index (κ3) is 4.59. The van der Waals surface area contributed by atoms with E-state index in [1.54, 1.807) is 6.92 Å². The van der Waals surface area contributed by atoms with Crippen LogP contribution in [0.2, 0.25) is 5.02 Å². The molecule has 1 aromatic heterocycles. The lowest BCUT2D eigenvalue weighted by atomic mass is 10.1. The van der Waals surface area contributed by atoms with Gasteiger partial charge in [-0.15, -0.1) is 0 Å². The molecule has 3 rings (SSSR count). The van der Waals surface area contributed by atoms with E-state index in [9.17, 15) is 18.0 Å². The molecule has 1 amide bonds.